The molecule has 0 aliphatic heterocycles. The normalized spacial score (nSPS) is 12.0. The van der Waals surface area contributed by atoms with Crippen molar-refractivity contribution in [3.05, 3.63) is 36.4 Å². The Morgan fingerprint density at radius 1 is 1.06 bits per heavy atom. The van der Waals surface area contributed by atoms with Gasteiger partial charge in [-0.1, -0.05) is 30.3 Å². The van der Waals surface area contributed by atoms with Gasteiger partial charge in [0.05, 0.1) is 12.4 Å². The molecule has 2 aromatic carbocycles. The van der Waals surface area contributed by atoms with E-state index in [0.29, 0.717) is 5.75 Å². The van der Waals surface area contributed by atoms with Crippen LogP contribution in [0.1, 0.15) is 13.8 Å². The third-order valence-corrected chi connectivity index (χ3v) is 5.15. The second kappa shape index (κ2) is 4.61. The molecule has 0 radical (unpaired) electrons. The van der Waals surface area contributed by atoms with Gasteiger partial charge in [-0.25, -0.2) is 8.42 Å². The van der Waals surface area contributed by atoms with Crippen molar-refractivity contribution in [2.24, 2.45) is 0 Å². The average molecular weight is 264 g/mol. The van der Waals surface area contributed by atoms with Crippen LogP contribution in [0.15, 0.2) is 41.3 Å². The van der Waals surface area contributed by atoms with E-state index in [4.69, 9.17) is 4.74 Å². The molecule has 2 aromatic rings. The Bertz CT molecular complexity index is 672. The molecular weight excluding hydrogens is 248 g/mol. The highest BCUT2D eigenvalue weighted by molar-refractivity contribution is 7.92. The van der Waals surface area contributed by atoms with Gasteiger partial charge in [0.25, 0.3) is 0 Å². The molecule has 0 N–H and O–H groups in total. The van der Waals surface area contributed by atoms with Crippen molar-refractivity contribution in [2.75, 3.05) is 7.11 Å². The van der Waals surface area contributed by atoms with Gasteiger partial charge in [0, 0.05) is 5.39 Å². The molecule has 0 amide bonds. The minimum Gasteiger partial charge on any atom is -0.495 e. The maximum atomic E-state index is 12.3. The van der Waals surface area contributed by atoms with Gasteiger partial charge in [0.15, 0.2) is 9.84 Å². The summed E-state index contributed by atoms with van der Waals surface area (Å²) in [6, 6.07) is 11.0. The van der Waals surface area contributed by atoms with Gasteiger partial charge in [-0.2, -0.15) is 0 Å². The summed E-state index contributed by atoms with van der Waals surface area (Å²) in [6.45, 7) is 3.34. The Labute approximate surface area is 107 Å². The highest BCUT2D eigenvalue weighted by atomic mass is 32.2. The van der Waals surface area contributed by atoms with E-state index in [1.54, 1.807) is 19.9 Å². The molecule has 4 heteroatoms. The zero-order valence-electron chi connectivity index (χ0n) is 10.7. The SMILES string of the molecule is COc1c(S(=O)(=O)C(C)C)ccc2ccccc12. The Morgan fingerprint density at radius 2 is 1.72 bits per heavy atom. The van der Waals surface area contributed by atoms with Gasteiger partial charge in [0.2, 0.25) is 0 Å². The quantitative estimate of drug-likeness (QED) is 0.855. The largest absolute Gasteiger partial charge is 0.495 e. The maximum Gasteiger partial charge on any atom is 0.184 e. The summed E-state index contributed by atoms with van der Waals surface area (Å²) in [5.74, 6) is 0.432. The molecule has 0 aliphatic rings. The van der Waals surface area contributed by atoms with Crippen molar-refractivity contribution in [3.8, 4) is 5.75 Å². The monoisotopic (exact) mass is 264 g/mol. The first-order chi connectivity index (χ1) is 8.48. The third kappa shape index (κ3) is 1.97. The number of fused-ring (bicyclic) bond motifs is 1. The molecule has 0 atom stereocenters. The van der Waals surface area contributed by atoms with E-state index in [2.05, 4.69) is 0 Å². The van der Waals surface area contributed by atoms with E-state index in [-0.39, 0.29) is 4.90 Å². The fourth-order valence-electron chi connectivity index (χ4n) is 1.91. The molecular formula is C14H16O3S. The summed E-state index contributed by atoms with van der Waals surface area (Å²) < 4.78 is 29.9. The molecule has 0 aromatic heterocycles. The zero-order valence-corrected chi connectivity index (χ0v) is 11.5. The Hall–Kier alpha value is -1.55. The van der Waals surface area contributed by atoms with Crippen molar-refractivity contribution < 1.29 is 13.2 Å². The lowest BCUT2D eigenvalue weighted by atomic mass is 10.1. The lowest BCUT2D eigenvalue weighted by molar-refractivity contribution is 0.408. The van der Waals surface area contributed by atoms with Crippen LogP contribution in [0.25, 0.3) is 10.8 Å². The highest BCUT2D eigenvalue weighted by Crippen LogP contribution is 2.34. The Morgan fingerprint density at radius 3 is 2.33 bits per heavy atom. The fraction of sp³-hybridized carbons (Fsp3) is 0.286. The predicted octanol–water partition coefficient (Wildman–Crippen LogP) is 3.03. The minimum absolute atomic E-state index is 0.263. The maximum absolute atomic E-state index is 12.3. The number of hydrogen-bond donors (Lipinski definition) is 0. The number of sulfone groups is 1. The molecule has 0 fully saturated rings. The van der Waals surface area contributed by atoms with Crippen molar-refractivity contribution in [1.29, 1.82) is 0 Å². The molecule has 0 saturated heterocycles. The van der Waals surface area contributed by atoms with Crippen LogP contribution in [0.4, 0.5) is 0 Å². The summed E-state index contributed by atoms with van der Waals surface area (Å²) in [7, 11) is -1.84. The average Bonchev–Trinajstić information content (AvgIpc) is 2.36. The topological polar surface area (TPSA) is 43.4 Å². The van der Waals surface area contributed by atoms with Crippen LogP contribution in [0.3, 0.4) is 0 Å². The number of benzene rings is 2. The summed E-state index contributed by atoms with van der Waals surface area (Å²) in [6.07, 6.45) is 0. The molecule has 2 rings (SSSR count). The van der Waals surface area contributed by atoms with Crippen molar-refractivity contribution in [2.45, 2.75) is 24.0 Å². The molecule has 96 valence electrons. The molecule has 18 heavy (non-hydrogen) atoms. The molecule has 3 nitrogen and oxygen atoms in total. The van der Waals surface area contributed by atoms with Crippen LogP contribution in [0.2, 0.25) is 0 Å². The fourth-order valence-corrected chi connectivity index (χ4v) is 3.13. The van der Waals surface area contributed by atoms with Crippen LogP contribution in [0.5, 0.6) is 5.75 Å². The molecule has 0 bridgehead atoms. The Kier molecular flexibility index (Phi) is 3.30. The Balaban J connectivity index is 2.81. The first kappa shape index (κ1) is 12.9. The predicted molar refractivity (Wildman–Crippen MR) is 72.8 cm³/mol. The van der Waals surface area contributed by atoms with E-state index in [1.807, 2.05) is 30.3 Å². The van der Waals surface area contributed by atoms with E-state index >= 15 is 0 Å². The standard InChI is InChI=1S/C14H16O3S/c1-10(2)18(15,16)13-9-8-11-6-4-5-7-12(11)14(13)17-3/h4-10H,1-3H3. The number of rotatable bonds is 3. The van der Waals surface area contributed by atoms with Gasteiger partial charge >= 0.3 is 0 Å². The highest BCUT2D eigenvalue weighted by Gasteiger charge is 2.24. The van der Waals surface area contributed by atoms with Gasteiger partial charge in [-0.15, -0.1) is 0 Å². The van der Waals surface area contributed by atoms with Gasteiger partial charge < -0.3 is 4.74 Å². The van der Waals surface area contributed by atoms with Gasteiger partial charge in [-0.05, 0) is 25.3 Å². The molecule has 0 aliphatic carbocycles. The zero-order chi connectivity index (χ0) is 13.3. The van der Waals surface area contributed by atoms with E-state index in [0.717, 1.165) is 10.8 Å². The van der Waals surface area contributed by atoms with Crippen molar-refractivity contribution in [3.63, 3.8) is 0 Å². The van der Waals surface area contributed by atoms with Crippen LogP contribution in [-0.2, 0) is 9.84 Å². The van der Waals surface area contributed by atoms with E-state index in [1.165, 1.54) is 7.11 Å². The first-order valence-electron chi connectivity index (χ1n) is 5.78. The molecule has 0 saturated carbocycles. The summed E-state index contributed by atoms with van der Waals surface area (Å²) in [5, 5.41) is 1.33. The van der Waals surface area contributed by atoms with Gasteiger partial charge in [-0.3, -0.25) is 0 Å². The lowest BCUT2D eigenvalue weighted by Crippen LogP contribution is -2.15. The van der Waals surface area contributed by atoms with Gasteiger partial charge in [0.1, 0.15) is 10.6 Å². The summed E-state index contributed by atoms with van der Waals surface area (Å²) in [5.41, 5.74) is 0. The van der Waals surface area contributed by atoms with Crippen LogP contribution in [-0.4, -0.2) is 20.8 Å². The number of hydrogen-bond acceptors (Lipinski definition) is 3. The van der Waals surface area contributed by atoms with Crippen molar-refractivity contribution >= 4 is 20.6 Å². The second-order valence-corrected chi connectivity index (χ2v) is 6.88. The van der Waals surface area contributed by atoms with Crippen molar-refractivity contribution in [1.82, 2.24) is 0 Å². The summed E-state index contributed by atoms with van der Waals surface area (Å²) in [4.78, 5) is 0.263. The first-order valence-corrected chi connectivity index (χ1v) is 7.32. The van der Waals surface area contributed by atoms with Crippen LogP contribution < -0.4 is 4.74 Å². The molecule has 0 unspecified atom stereocenters. The number of ether oxygens (including phenoxy) is 1. The second-order valence-electron chi connectivity index (χ2n) is 4.41. The summed E-state index contributed by atoms with van der Waals surface area (Å²) >= 11 is 0. The molecule has 0 heterocycles. The van der Waals surface area contributed by atoms with E-state index in [9.17, 15) is 8.42 Å². The van der Waals surface area contributed by atoms with Crippen LogP contribution in [0, 0.1) is 0 Å². The third-order valence-electron chi connectivity index (χ3n) is 2.97. The lowest BCUT2D eigenvalue weighted by Gasteiger charge is -2.14. The minimum atomic E-state index is -3.34. The van der Waals surface area contributed by atoms with E-state index < -0.39 is 15.1 Å². The number of methoxy groups -OCH3 is 1. The van der Waals surface area contributed by atoms with Crippen LogP contribution >= 0.6 is 0 Å². The smallest absolute Gasteiger partial charge is 0.184 e. The molecule has 0 spiro atoms.